The van der Waals surface area contributed by atoms with Crippen LogP contribution in [0.5, 0.6) is 11.5 Å². The summed E-state index contributed by atoms with van der Waals surface area (Å²) in [6.07, 6.45) is 4.82. The number of fused-ring (bicyclic) bond motifs is 2. The van der Waals surface area contributed by atoms with Gasteiger partial charge in [0.2, 0.25) is 5.91 Å². The lowest BCUT2D eigenvalue weighted by Crippen LogP contribution is -2.51. The van der Waals surface area contributed by atoms with Crippen molar-refractivity contribution in [3.05, 3.63) is 23.3 Å². The molecule has 7 nitrogen and oxygen atoms in total. The summed E-state index contributed by atoms with van der Waals surface area (Å²) in [6.45, 7) is 2.09. The molecule has 1 aromatic rings. The number of hydrogen-bond acceptors (Lipinski definition) is 6. The van der Waals surface area contributed by atoms with Gasteiger partial charge in [0.15, 0.2) is 11.5 Å². The normalized spacial score (nSPS) is 27.2. The van der Waals surface area contributed by atoms with E-state index in [-0.39, 0.29) is 42.0 Å². The van der Waals surface area contributed by atoms with E-state index in [9.17, 15) is 4.79 Å². The molecule has 0 aromatic heterocycles. The number of carbonyl (C=O) groups is 1. The second kappa shape index (κ2) is 9.94. The Morgan fingerprint density at radius 1 is 1.13 bits per heavy atom. The van der Waals surface area contributed by atoms with Crippen molar-refractivity contribution in [3.63, 3.8) is 0 Å². The van der Waals surface area contributed by atoms with E-state index in [0.717, 1.165) is 43.6 Å². The van der Waals surface area contributed by atoms with Crippen LogP contribution >= 0.6 is 12.4 Å². The van der Waals surface area contributed by atoms with Crippen LogP contribution in [-0.4, -0.2) is 64.0 Å². The number of nitrogens with two attached hydrogens (primary N) is 1. The summed E-state index contributed by atoms with van der Waals surface area (Å²) in [7, 11) is 5.00. The number of hydrogen-bond donors (Lipinski definition) is 1. The van der Waals surface area contributed by atoms with Gasteiger partial charge in [-0.25, -0.2) is 0 Å². The third-order valence-electron chi connectivity index (χ3n) is 7.23. The van der Waals surface area contributed by atoms with E-state index in [0.29, 0.717) is 26.1 Å². The van der Waals surface area contributed by atoms with Crippen LogP contribution in [0.15, 0.2) is 12.1 Å². The first-order valence-electron chi connectivity index (χ1n) is 11.0. The molecule has 3 aliphatic rings. The molecule has 0 bridgehead atoms. The van der Waals surface area contributed by atoms with Gasteiger partial charge in [-0.15, -0.1) is 12.4 Å². The van der Waals surface area contributed by atoms with E-state index in [1.807, 2.05) is 4.90 Å². The van der Waals surface area contributed by atoms with Crippen molar-refractivity contribution in [2.45, 2.75) is 56.3 Å². The molecule has 1 amide bonds. The summed E-state index contributed by atoms with van der Waals surface area (Å²) in [5.74, 6) is 1.72. The van der Waals surface area contributed by atoms with Gasteiger partial charge in [0.25, 0.3) is 0 Å². The number of benzene rings is 1. The van der Waals surface area contributed by atoms with Crippen molar-refractivity contribution in [2.24, 2.45) is 11.7 Å². The Hall–Kier alpha value is -1.54. The number of amides is 1. The van der Waals surface area contributed by atoms with Crippen LogP contribution in [0, 0.1) is 5.92 Å². The minimum Gasteiger partial charge on any atom is -0.493 e. The van der Waals surface area contributed by atoms with Gasteiger partial charge >= 0.3 is 0 Å². The molecule has 1 saturated carbocycles. The number of carbonyl (C=O) groups excluding carboxylic acids is 1. The number of halogens is 1. The van der Waals surface area contributed by atoms with E-state index >= 15 is 0 Å². The first-order chi connectivity index (χ1) is 14.5. The molecule has 1 spiro atoms. The maximum Gasteiger partial charge on any atom is 0.225 e. The minimum atomic E-state index is -0.353. The molecule has 2 N–H and O–H groups in total. The van der Waals surface area contributed by atoms with Gasteiger partial charge in [0.1, 0.15) is 0 Å². The van der Waals surface area contributed by atoms with Crippen molar-refractivity contribution in [3.8, 4) is 11.5 Å². The number of piperidine rings is 1. The Morgan fingerprint density at radius 2 is 1.81 bits per heavy atom. The van der Waals surface area contributed by atoms with Crippen molar-refractivity contribution < 1.29 is 23.7 Å². The lowest BCUT2D eigenvalue weighted by atomic mass is 9.78. The second-order valence-corrected chi connectivity index (χ2v) is 8.73. The van der Waals surface area contributed by atoms with E-state index < -0.39 is 0 Å². The monoisotopic (exact) mass is 454 g/mol. The quantitative estimate of drug-likeness (QED) is 0.753. The zero-order chi connectivity index (χ0) is 21.3. The largest absolute Gasteiger partial charge is 0.493 e. The summed E-state index contributed by atoms with van der Waals surface area (Å²) in [4.78, 5) is 15.2. The first kappa shape index (κ1) is 24.1. The summed E-state index contributed by atoms with van der Waals surface area (Å²) in [6, 6.07) is 4.17. The smallest absolute Gasteiger partial charge is 0.225 e. The van der Waals surface area contributed by atoms with Crippen LogP contribution < -0.4 is 15.2 Å². The molecule has 3 atom stereocenters. The standard InChI is InChI=1S/C23H34N2O5.ClH/c1-27-19-13-16(4-5-18(19)24)22(26)25-9-7-23(8-10-25)17-14-21(29-3)20(28-2)12-15(17)6-11-30-23;/h12,14,16,18-19H,4-11,13,24H2,1-3H3;1H/t16-,18+,19+;/m0./s1. The average molecular weight is 455 g/mol. The highest BCUT2D eigenvalue weighted by molar-refractivity contribution is 5.85. The maximum atomic E-state index is 13.2. The van der Waals surface area contributed by atoms with Gasteiger partial charge in [0, 0.05) is 32.2 Å². The van der Waals surface area contributed by atoms with Gasteiger partial charge < -0.3 is 29.6 Å². The Morgan fingerprint density at radius 3 is 2.45 bits per heavy atom. The molecule has 2 aliphatic heterocycles. The zero-order valence-electron chi connectivity index (χ0n) is 18.7. The van der Waals surface area contributed by atoms with Crippen LogP contribution in [0.4, 0.5) is 0 Å². The molecule has 1 aromatic carbocycles. The fourth-order valence-electron chi connectivity index (χ4n) is 5.39. The van der Waals surface area contributed by atoms with Crippen LogP contribution in [0.1, 0.15) is 43.2 Å². The number of methoxy groups -OCH3 is 3. The number of likely N-dealkylation sites (tertiary alicyclic amines) is 1. The predicted molar refractivity (Wildman–Crippen MR) is 120 cm³/mol. The molecule has 2 heterocycles. The van der Waals surface area contributed by atoms with Crippen LogP contribution in [0.25, 0.3) is 0 Å². The fourth-order valence-corrected chi connectivity index (χ4v) is 5.39. The van der Waals surface area contributed by atoms with Crippen molar-refractivity contribution in [1.29, 1.82) is 0 Å². The van der Waals surface area contributed by atoms with Gasteiger partial charge in [-0.2, -0.15) is 0 Å². The van der Waals surface area contributed by atoms with Crippen LogP contribution in [0.2, 0.25) is 0 Å². The van der Waals surface area contributed by atoms with Crippen LogP contribution in [0.3, 0.4) is 0 Å². The fraction of sp³-hybridized carbons (Fsp3) is 0.696. The SMILES string of the molecule is COc1cc2c(cc1OC)C1(CCN(C(=O)[C@H]3CC[C@@H](N)[C@H](OC)C3)CC1)OCC2.Cl. The van der Waals surface area contributed by atoms with Gasteiger partial charge in [-0.05, 0) is 61.8 Å². The Balaban J connectivity index is 0.00000272. The van der Waals surface area contributed by atoms with E-state index in [2.05, 4.69) is 12.1 Å². The topological polar surface area (TPSA) is 83.3 Å². The van der Waals surface area contributed by atoms with E-state index in [1.54, 1.807) is 21.3 Å². The number of rotatable bonds is 4. The maximum absolute atomic E-state index is 13.2. The predicted octanol–water partition coefficient (Wildman–Crippen LogP) is 2.66. The molecule has 4 rings (SSSR count). The molecule has 1 saturated heterocycles. The molecule has 31 heavy (non-hydrogen) atoms. The average Bonchev–Trinajstić information content (AvgIpc) is 2.79. The van der Waals surface area contributed by atoms with E-state index in [4.69, 9.17) is 24.7 Å². The Kier molecular flexibility index (Phi) is 7.73. The molecule has 2 fully saturated rings. The zero-order valence-corrected chi connectivity index (χ0v) is 19.5. The second-order valence-electron chi connectivity index (χ2n) is 8.73. The molecule has 174 valence electrons. The van der Waals surface area contributed by atoms with Crippen molar-refractivity contribution in [2.75, 3.05) is 41.0 Å². The highest BCUT2D eigenvalue weighted by Gasteiger charge is 2.44. The minimum absolute atomic E-state index is 0. The summed E-state index contributed by atoms with van der Waals surface area (Å²) >= 11 is 0. The molecular formula is C23H35ClN2O5. The summed E-state index contributed by atoms with van der Waals surface area (Å²) < 4.78 is 22.9. The number of ether oxygens (including phenoxy) is 4. The lowest BCUT2D eigenvalue weighted by molar-refractivity contribution is -0.147. The highest BCUT2D eigenvalue weighted by atomic mass is 35.5. The van der Waals surface area contributed by atoms with Gasteiger partial charge in [-0.3, -0.25) is 4.79 Å². The Labute approximate surface area is 190 Å². The molecule has 0 unspecified atom stereocenters. The summed E-state index contributed by atoms with van der Waals surface area (Å²) in [5, 5.41) is 0. The summed E-state index contributed by atoms with van der Waals surface area (Å²) in [5.41, 5.74) is 8.21. The van der Waals surface area contributed by atoms with Gasteiger partial charge in [0.05, 0.1) is 32.5 Å². The third-order valence-corrected chi connectivity index (χ3v) is 7.23. The number of nitrogens with zero attached hydrogens (tertiary/aromatic N) is 1. The lowest BCUT2D eigenvalue weighted by Gasteiger charge is -2.46. The first-order valence-corrected chi connectivity index (χ1v) is 11.0. The van der Waals surface area contributed by atoms with Gasteiger partial charge in [-0.1, -0.05) is 0 Å². The molecule has 1 aliphatic carbocycles. The van der Waals surface area contributed by atoms with Crippen LogP contribution in [-0.2, 0) is 26.3 Å². The molecule has 8 heteroatoms. The van der Waals surface area contributed by atoms with Crippen molar-refractivity contribution in [1.82, 2.24) is 4.90 Å². The Bertz CT molecular complexity index is 781. The molecule has 0 radical (unpaired) electrons. The third kappa shape index (κ3) is 4.51. The van der Waals surface area contributed by atoms with E-state index in [1.165, 1.54) is 11.1 Å². The highest BCUT2D eigenvalue weighted by Crippen LogP contribution is 2.45. The molecular weight excluding hydrogens is 420 g/mol. The van der Waals surface area contributed by atoms with Crippen molar-refractivity contribution >= 4 is 18.3 Å².